The van der Waals surface area contributed by atoms with E-state index in [1.807, 2.05) is 0 Å². The molecule has 0 saturated heterocycles. The predicted molar refractivity (Wildman–Crippen MR) is 254 cm³/mol. The summed E-state index contributed by atoms with van der Waals surface area (Å²) in [5.74, 6) is -164. The summed E-state index contributed by atoms with van der Waals surface area (Å²) in [6.45, 7) is 0. The Morgan fingerprint density at radius 3 is 0.147 bits per heavy atom. The van der Waals surface area contributed by atoms with Gasteiger partial charge in [-0.25, -0.2) is 184 Å². The second-order valence-electron chi connectivity index (χ2n) is 19.9. The normalized spacial score (nSPS) is 11.8. The first kappa shape index (κ1) is 74.0. The summed E-state index contributed by atoms with van der Waals surface area (Å²) in [4.78, 5) is 0. The lowest BCUT2D eigenvalue weighted by Gasteiger charge is -2.24. The Morgan fingerprint density at radius 1 is 0.0490 bits per heavy atom. The van der Waals surface area contributed by atoms with Gasteiger partial charge in [-0.3, -0.25) is 0 Å². The Hall–Kier alpha value is -10.7. The summed E-state index contributed by atoms with van der Waals surface area (Å²) in [5, 5.41) is 0. The number of hydrogen-bond acceptors (Lipinski definition) is 0. The summed E-state index contributed by atoms with van der Waals surface area (Å²) in [6.07, 6.45) is 0. The van der Waals surface area contributed by atoms with Crippen molar-refractivity contribution < 1.29 is 184 Å². The Labute approximate surface area is 528 Å². The molecule has 0 spiro atoms. The lowest BCUT2D eigenvalue weighted by atomic mass is 9.83. The van der Waals surface area contributed by atoms with Crippen LogP contribution >= 0.6 is 0 Å². The summed E-state index contributed by atoms with van der Waals surface area (Å²) >= 11 is 0. The molecule has 0 heterocycles. The second kappa shape index (κ2) is 25.1. The van der Waals surface area contributed by atoms with Crippen LogP contribution in [-0.4, -0.2) is 0 Å². The average molecular weight is 1520 g/mol. The van der Waals surface area contributed by atoms with E-state index in [4.69, 9.17) is 0 Å². The van der Waals surface area contributed by atoms with Crippen LogP contribution < -0.4 is 0 Å². The van der Waals surface area contributed by atoms with Crippen LogP contribution in [0.1, 0.15) is 0 Å². The van der Waals surface area contributed by atoms with E-state index in [0.717, 1.165) is 0 Å². The summed E-state index contributed by atoms with van der Waals surface area (Å²) in [6, 6.07) is 0. The van der Waals surface area contributed by atoms with E-state index in [1.165, 1.54) is 0 Å². The molecule has 0 radical (unpaired) electrons. The lowest BCUT2D eigenvalue weighted by molar-refractivity contribution is 0.379. The molecule has 0 fully saturated rings. The van der Waals surface area contributed by atoms with Gasteiger partial charge in [0.05, 0.1) is 100 Å². The number of benzene rings is 10. The van der Waals surface area contributed by atoms with Crippen LogP contribution in [-0.2, 0) is 0 Å². The fraction of sp³-hybridized carbons (Fsp3) is 0. The lowest BCUT2D eigenvalue weighted by Crippen LogP contribution is -2.16. The van der Waals surface area contributed by atoms with Gasteiger partial charge in [0.25, 0.3) is 0 Å². The minimum atomic E-state index is -4.54. The topological polar surface area (TPSA) is 0 Å². The van der Waals surface area contributed by atoms with E-state index in [0.29, 0.717) is 0 Å². The van der Waals surface area contributed by atoms with Crippen molar-refractivity contribution in [2.45, 2.75) is 0 Å². The quantitative estimate of drug-likeness (QED) is 0.0768. The Kier molecular flexibility index (Phi) is 18.2. The van der Waals surface area contributed by atoms with Gasteiger partial charge in [-0.1, -0.05) is 0 Å². The van der Waals surface area contributed by atoms with Crippen molar-refractivity contribution >= 4 is 0 Å². The monoisotopic (exact) mass is 1520 g/mol. The summed E-state index contributed by atoms with van der Waals surface area (Å²) in [5.41, 5.74) is -70.1. The molecule has 0 aliphatic carbocycles. The van der Waals surface area contributed by atoms with Gasteiger partial charge in [0.15, 0.2) is 140 Å². The molecule has 0 amide bonds. The molecule has 0 aliphatic rings. The van der Waals surface area contributed by atoms with Crippen molar-refractivity contribution in [1.29, 1.82) is 0 Å². The summed E-state index contributed by atoms with van der Waals surface area (Å²) in [7, 11) is 0. The van der Waals surface area contributed by atoms with Gasteiger partial charge in [0.1, 0.15) is 69.8 Å². The van der Waals surface area contributed by atoms with Gasteiger partial charge < -0.3 is 0 Å². The molecule has 102 heavy (non-hydrogen) atoms. The van der Waals surface area contributed by atoms with Gasteiger partial charge in [-0.05, 0) is 0 Å². The number of halogens is 42. The zero-order chi connectivity index (χ0) is 76.6. The van der Waals surface area contributed by atoms with Gasteiger partial charge in [0.2, 0.25) is 34.9 Å². The molecule has 0 nitrogen and oxygen atoms in total. The van der Waals surface area contributed by atoms with Crippen molar-refractivity contribution in [1.82, 2.24) is 0 Å². The van der Waals surface area contributed by atoms with Crippen LogP contribution in [0.25, 0.3) is 100 Å². The highest BCUT2D eigenvalue weighted by Gasteiger charge is 2.47. The van der Waals surface area contributed by atoms with Crippen molar-refractivity contribution in [3.63, 3.8) is 0 Å². The van der Waals surface area contributed by atoms with E-state index < -0.39 is 344 Å². The maximum Gasteiger partial charge on any atom is 0.200 e. The maximum absolute atomic E-state index is 18.4. The van der Waals surface area contributed by atoms with E-state index in [2.05, 4.69) is 0 Å². The highest BCUT2D eigenvalue weighted by atomic mass is 19.2. The van der Waals surface area contributed by atoms with E-state index >= 15 is 158 Å². The van der Waals surface area contributed by atoms with Crippen molar-refractivity contribution in [3.05, 3.63) is 244 Å². The largest absolute Gasteiger partial charge is 0.205 e. The molecule has 534 valence electrons. The average Bonchev–Trinajstić information content (AvgIpc) is 0.704. The third kappa shape index (κ3) is 9.88. The molecule has 10 aromatic rings. The molecule has 0 atom stereocenters. The zero-order valence-corrected chi connectivity index (χ0v) is 45.9. The molecular weight excluding hydrogens is 1520 g/mol. The number of hydrogen-bond donors (Lipinski definition) is 0. The van der Waals surface area contributed by atoms with E-state index in [-0.39, 0.29) is 0 Å². The molecule has 0 bridgehead atoms. The van der Waals surface area contributed by atoms with Crippen LogP contribution in [0.15, 0.2) is 0 Å². The molecule has 0 saturated carbocycles. The molecule has 42 heteroatoms. The van der Waals surface area contributed by atoms with Crippen LogP contribution in [0, 0.1) is 244 Å². The van der Waals surface area contributed by atoms with Gasteiger partial charge in [-0.15, -0.1) is 0 Å². The minimum absolute atomic E-state index is 3.56. The molecule has 0 N–H and O–H groups in total. The van der Waals surface area contributed by atoms with E-state index in [9.17, 15) is 26.3 Å². The zero-order valence-electron chi connectivity index (χ0n) is 45.9. The van der Waals surface area contributed by atoms with Crippen LogP contribution in [0.4, 0.5) is 184 Å². The molecule has 0 aromatic heterocycles. The summed E-state index contributed by atoms with van der Waals surface area (Å²) < 4.78 is 670. The van der Waals surface area contributed by atoms with Crippen molar-refractivity contribution in [2.75, 3.05) is 0 Å². The van der Waals surface area contributed by atoms with Crippen LogP contribution in [0.3, 0.4) is 0 Å². The fourth-order valence-electron chi connectivity index (χ4n) is 10.2. The Morgan fingerprint density at radius 2 is 0.0882 bits per heavy atom. The first-order valence-electron chi connectivity index (χ1n) is 25.2. The van der Waals surface area contributed by atoms with Crippen molar-refractivity contribution in [2.24, 2.45) is 0 Å². The smallest absolute Gasteiger partial charge is 0.200 e. The van der Waals surface area contributed by atoms with Crippen molar-refractivity contribution in [3.8, 4) is 100 Å². The first-order valence-corrected chi connectivity index (χ1v) is 25.2. The Bertz CT molecular complexity index is 4520. The Balaban J connectivity index is 1.62. The molecule has 10 rings (SSSR count). The fourth-order valence-corrected chi connectivity index (χ4v) is 10.2. The minimum Gasteiger partial charge on any atom is -0.205 e. The van der Waals surface area contributed by atoms with Crippen LogP contribution in [0.2, 0.25) is 0 Å². The van der Waals surface area contributed by atoms with Gasteiger partial charge >= 0.3 is 0 Å². The first-order chi connectivity index (χ1) is 47.2. The molecule has 10 aromatic carbocycles. The third-order valence-electron chi connectivity index (χ3n) is 14.8. The van der Waals surface area contributed by atoms with Gasteiger partial charge in [0, 0.05) is 0 Å². The van der Waals surface area contributed by atoms with Gasteiger partial charge in [-0.2, -0.15) is 0 Å². The number of rotatable bonds is 9. The van der Waals surface area contributed by atoms with E-state index in [1.54, 1.807) is 0 Å². The molecule has 0 aliphatic heterocycles. The SMILES string of the molecule is Fc1c(F)c(F)c(-c2c(F)c(-c3c(F)c(F)c(F)c(F)c3F)c(F)c(-c3c(F)c(-c4c(F)c(-c5c(F)c(F)c(F)c(F)c5F)c(F)c(-c5c(F)c(F)c(F)c(F)c5F)c4F)c(F)c(-c4c(F)c(-c5c(F)c(F)c(F)c(F)c5F)c(F)c(-c5c(F)c(F)c(F)c(F)c5F)c4F)c3F)c2F)c(F)c1F. The maximum atomic E-state index is 18.4. The standard InChI is InChI=1S/C60F42/c61-19-1(4-22(64)7(13-31(73)43(85)55(97)44(86)32(13)74)28(70)8(23(4)65)14-33(75)45(87)56(98)46(88)34(14)76)20(62)3(6-26(68)11(17-39(81)51(93)59(101)52(94)40(17)82)30(72)12(27(6)69)18-41(83)53(95)60(102)54(96)42(18)84)21(63)2(19)5-24(66)9(15-35(77)47(89)57(99)48(90)36(15)78)29(71)10(25(5)67)16-37(79)49(91)58(100)50(92)38(16)80. The van der Waals surface area contributed by atoms with Crippen LogP contribution in [0.5, 0.6) is 0 Å². The highest BCUT2D eigenvalue weighted by Crippen LogP contribution is 2.56. The third-order valence-corrected chi connectivity index (χ3v) is 14.8. The predicted octanol–water partition coefficient (Wildman–Crippen LogP) is 22.5. The molecule has 0 unspecified atom stereocenters. The second-order valence-corrected chi connectivity index (χ2v) is 19.9. The highest BCUT2D eigenvalue weighted by molar-refractivity contribution is 5.94. The molecular formula is C60F42.